The highest BCUT2D eigenvalue weighted by molar-refractivity contribution is 5.25. The summed E-state index contributed by atoms with van der Waals surface area (Å²) >= 11 is 0. The van der Waals surface area contributed by atoms with Crippen LogP contribution < -0.4 is 0 Å². The van der Waals surface area contributed by atoms with E-state index in [9.17, 15) is 0 Å². The van der Waals surface area contributed by atoms with Crippen molar-refractivity contribution >= 4 is 0 Å². The van der Waals surface area contributed by atoms with Gasteiger partial charge in [-0.25, -0.2) is 0 Å². The molecule has 1 rings (SSSR count). The molecule has 0 radical (unpaired) electrons. The fourth-order valence-corrected chi connectivity index (χ4v) is 0.239. The molecule has 0 nitrogen and oxygen atoms in total. The summed E-state index contributed by atoms with van der Waals surface area (Å²) in [5.41, 5.74) is 0. The fraction of sp³-hybridized carbons (Fsp3) is 0. The van der Waals surface area contributed by atoms with Gasteiger partial charge >= 0.3 is 0 Å². The van der Waals surface area contributed by atoms with Crippen LogP contribution in [0, 0.1) is 24.0 Å². The molecule has 0 saturated heterocycles. The Bertz CT molecular complexity index is 123. The lowest BCUT2D eigenvalue weighted by atomic mass is 10.3. The molecule has 0 aromatic rings. The SMILES string of the molecule is C1#CC=[C+]C=[C-]1. The smallest absolute Gasteiger partial charge is 0.0489 e. The second-order valence-corrected chi connectivity index (χ2v) is 0.869. The topological polar surface area (TPSA) is 0 Å². The molecule has 0 atom stereocenters. The van der Waals surface area contributed by atoms with E-state index in [0.717, 1.165) is 0 Å². The van der Waals surface area contributed by atoms with Gasteiger partial charge in [0.2, 0.25) is 0 Å². The van der Waals surface area contributed by atoms with Gasteiger partial charge in [0.05, 0.1) is 0 Å². The summed E-state index contributed by atoms with van der Waals surface area (Å²) in [7, 11) is 0. The van der Waals surface area contributed by atoms with Crippen LogP contribution in [0.3, 0.4) is 0 Å². The molecule has 0 aliphatic heterocycles. The molecule has 0 bridgehead atoms. The molecule has 26 valence electrons. The lowest BCUT2D eigenvalue weighted by molar-refractivity contribution is 1.81. The van der Waals surface area contributed by atoms with Gasteiger partial charge in [-0.2, -0.15) is 0 Å². The second-order valence-electron chi connectivity index (χ2n) is 0.869. The van der Waals surface area contributed by atoms with Crippen LogP contribution in [-0.4, -0.2) is 0 Å². The number of rotatable bonds is 0. The molecule has 0 aromatic carbocycles. The number of hydrogen-bond donors (Lipinski definition) is 0. The van der Waals surface area contributed by atoms with E-state index in [1.54, 1.807) is 12.2 Å². The first kappa shape index (κ1) is 3.15. The number of hydrogen-bond acceptors (Lipinski definition) is 0. The predicted molar refractivity (Wildman–Crippen MR) is 23.4 cm³/mol. The molecule has 0 N–H and O–H groups in total. The van der Waals surface area contributed by atoms with Crippen LogP contribution in [0.2, 0.25) is 0 Å². The first-order valence-corrected chi connectivity index (χ1v) is 1.65. The average Bonchev–Trinajstić information content (AvgIpc) is 1.72. The Balaban J connectivity index is 2.89. The summed E-state index contributed by atoms with van der Waals surface area (Å²) in [4.78, 5) is 0. The Labute approximate surface area is 37.2 Å². The largest absolute Gasteiger partial charge is 0.110 e. The lowest BCUT2D eigenvalue weighted by Gasteiger charge is -1.69. The zero-order chi connectivity index (χ0) is 4.24. The highest BCUT2D eigenvalue weighted by Gasteiger charge is 1.65. The van der Waals surface area contributed by atoms with Gasteiger partial charge in [0, 0.05) is 12.2 Å². The van der Waals surface area contributed by atoms with Crippen molar-refractivity contribution in [2.24, 2.45) is 0 Å². The van der Waals surface area contributed by atoms with Gasteiger partial charge in [0.25, 0.3) is 0 Å². The van der Waals surface area contributed by atoms with E-state index in [-0.39, 0.29) is 0 Å². The molecular formula is C6H2. The third-order valence-electron chi connectivity index (χ3n) is 0.455. The normalized spacial score (nSPS) is 12.0. The van der Waals surface area contributed by atoms with E-state index < -0.39 is 0 Å². The molecule has 0 fully saturated rings. The van der Waals surface area contributed by atoms with E-state index >= 15 is 0 Å². The summed E-state index contributed by atoms with van der Waals surface area (Å²) in [6.45, 7) is 0. The van der Waals surface area contributed by atoms with Gasteiger partial charge in [-0.05, 0) is 6.08 Å². The Morgan fingerprint density at radius 2 is 2.67 bits per heavy atom. The zero-order valence-corrected chi connectivity index (χ0v) is 3.15. The van der Waals surface area contributed by atoms with E-state index in [1.165, 1.54) is 0 Å². The first-order chi connectivity index (χ1) is 3.00. The Morgan fingerprint density at radius 1 is 1.67 bits per heavy atom. The third kappa shape index (κ3) is 0.458. The van der Waals surface area contributed by atoms with Crippen LogP contribution in [0.5, 0.6) is 0 Å². The summed E-state index contributed by atoms with van der Waals surface area (Å²) in [6.07, 6.45) is 8.73. The van der Waals surface area contributed by atoms with Crippen molar-refractivity contribution in [3.05, 3.63) is 24.3 Å². The lowest BCUT2D eigenvalue weighted by Crippen LogP contribution is -1.58. The summed E-state index contributed by atoms with van der Waals surface area (Å²) in [6, 6.07) is 0. The summed E-state index contributed by atoms with van der Waals surface area (Å²) in [5.74, 6) is 5.27. The van der Waals surface area contributed by atoms with E-state index in [2.05, 4.69) is 24.0 Å². The fourth-order valence-electron chi connectivity index (χ4n) is 0.239. The molecule has 0 aromatic heterocycles. The van der Waals surface area contributed by atoms with E-state index in [1.807, 2.05) is 0 Å². The molecule has 6 heavy (non-hydrogen) atoms. The van der Waals surface area contributed by atoms with Crippen molar-refractivity contribution in [3.63, 3.8) is 0 Å². The van der Waals surface area contributed by atoms with Crippen molar-refractivity contribution < 1.29 is 0 Å². The van der Waals surface area contributed by atoms with Gasteiger partial charge in [-0.3, -0.25) is 0 Å². The van der Waals surface area contributed by atoms with Crippen molar-refractivity contribution in [1.82, 2.24) is 0 Å². The minimum Gasteiger partial charge on any atom is -0.110 e. The van der Waals surface area contributed by atoms with Gasteiger partial charge in [-0.1, -0.05) is 11.8 Å². The van der Waals surface area contributed by atoms with Gasteiger partial charge in [-0.15, -0.1) is 6.08 Å². The minimum absolute atomic E-state index is 1.66. The maximum Gasteiger partial charge on any atom is 0.0489 e. The molecule has 0 spiro atoms. The van der Waals surface area contributed by atoms with E-state index in [4.69, 9.17) is 0 Å². The Kier molecular flexibility index (Phi) is 0.737. The molecule has 0 heterocycles. The third-order valence-corrected chi connectivity index (χ3v) is 0.455. The Morgan fingerprint density at radius 3 is 2.83 bits per heavy atom. The molecule has 1 aliphatic carbocycles. The highest BCUT2D eigenvalue weighted by atomic mass is 13.7. The van der Waals surface area contributed by atoms with Gasteiger partial charge in [0.15, 0.2) is 0 Å². The van der Waals surface area contributed by atoms with Crippen molar-refractivity contribution in [3.8, 4) is 11.8 Å². The maximum absolute atomic E-state index is 2.75. The van der Waals surface area contributed by atoms with Crippen LogP contribution in [0.25, 0.3) is 0 Å². The average molecular weight is 74.1 g/mol. The molecular weight excluding hydrogens is 72.1 g/mol. The molecule has 1 aliphatic rings. The van der Waals surface area contributed by atoms with Crippen molar-refractivity contribution in [1.29, 1.82) is 0 Å². The molecule has 0 unspecified atom stereocenters. The van der Waals surface area contributed by atoms with Gasteiger partial charge < -0.3 is 0 Å². The monoisotopic (exact) mass is 74.0 g/mol. The van der Waals surface area contributed by atoms with Crippen molar-refractivity contribution in [2.75, 3.05) is 0 Å². The number of allylic oxidation sites excluding steroid dienone is 4. The zero-order valence-electron chi connectivity index (χ0n) is 3.15. The van der Waals surface area contributed by atoms with Crippen LogP contribution in [0.1, 0.15) is 0 Å². The quantitative estimate of drug-likeness (QED) is 0.293. The molecule has 0 saturated carbocycles. The van der Waals surface area contributed by atoms with Crippen molar-refractivity contribution in [2.45, 2.75) is 0 Å². The van der Waals surface area contributed by atoms with Crippen LogP contribution in [0.4, 0.5) is 0 Å². The molecule has 0 amide bonds. The maximum atomic E-state index is 2.75. The predicted octanol–water partition coefficient (Wildman–Crippen LogP) is 0.722. The van der Waals surface area contributed by atoms with Crippen LogP contribution >= 0.6 is 0 Å². The Hall–Kier alpha value is -1.05. The van der Waals surface area contributed by atoms with E-state index in [0.29, 0.717) is 0 Å². The standard InChI is InChI=1S/C6H2/c1-2-4-6-5-3-1/h1,4H. The van der Waals surface area contributed by atoms with Crippen LogP contribution in [-0.2, 0) is 0 Å². The summed E-state index contributed by atoms with van der Waals surface area (Å²) < 4.78 is 0. The summed E-state index contributed by atoms with van der Waals surface area (Å²) in [5, 5.41) is 0. The first-order valence-electron chi connectivity index (χ1n) is 1.65. The second kappa shape index (κ2) is 1.40. The van der Waals surface area contributed by atoms with Crippen LogP contribution in [0.15, 0.2) is 12.2 Å². The van der Waals surface area contributed by atoms with Gasteiger partial charge in [0.1, 0.15) is 0 Å². The highest BCUT2D eigenvalue weighted by Crippen LogP contribution is 1.76. The minimum atomic E-state index is 1.66. The molecule has 0 heteroatoms.